The molecule has 1 unspecified atom stereocenters. The van der Waals surface area contributed by atoms with Crippen LogP contribution >= 0.6 is 0 Å². The van der Waals surface area contributed by atoms with E-state index in [9.17, 15) is 4.79 Å². The number of hydrogen-bond donors (Lipinski definition) is 2. The molecule has 0 aliphatic rings. The molecule has 18 heavy (non-hydrogen) atoms. The predicted molar refractivity (Wildman–Crippen MR) is 72.8 cm³/mol. The molecule has 0 aliphatic carbocycles. The van der Waals surface area contributed by atoms with E-state index in [1.807, 2.05) is 45.0 Å². The Morgan fingerprint density at radius 1 is 1.33 bits per heavy atom. The SMILES string of the molecule is CCNCC(=O)NC(C)COc1ccc(C)cc1. The van der Waals surface area contributed by atoms with Crippen LogP contribution in [0, 0.1) is 6.92 Å². The van der Waals surface area contributed by atoms with Gasteiger partial charge in [0.25, 0.3) is 0 Å². The number of carbonyl (C=O) groups is 1. The molecule has 0 aromatic heterocycles. The molecule has 1 amide bonds. The van der Waals surface area contributed by atoms with Gasteiger partial charge in [0.05, 0.1) is 12.6 Å². The van der Waals surface area contributed by atoms with Crippen LogP contribution < -0.4 is 15.4 Å². The van der Waals surface area contributed by atoms with Crippen molar-refractivity contribution in [1.82, 2.24) is 10.6 Å². The summed E-state index contributed by atoms with van der Waals surface area (Å²) in [5.74, 6) is 0.824. The molecule has 0 bridgehead atoms. The molecule has 0 radical (unpaired) electrons. The minimum atomic E-state index is -0.00291. The third kappa shape index (κ3) is 5.68. The smallest absolute Gasteiger partial charge is 0.234 e. The second-order valence-corrected chi connectivity index (χ2v) is 4.37. The van der Waals surface area contributed by atoms with E-state index in [4.69, 9.17) is 4.74 Å². The van der Waals surface area contributed by atoms with E-state index in [0.717, 1.165) is 12.3 Å². The average Bonchev–Trinajstić information content (AvgIpc) is 2.35. The topological polar surface area (TPSA) is 50.4 Å². The molecule has 0 saturated heterocycles. The summed E-state index contributed by atoms with van der Waals surface area (Å²) in [6, 6.07) is 7.87. The van der Waals surface area contributed by atoms with Crippen LogP contribution in [0.25, 0.3) is 0 Å². The molecule has 0 fully saturated rings. The lowest BCUT2D eigenvalue weighted by molar-refractivity contribution is -0.121. The maximum absolute atomic E-state index is 11.4. The van der Waals surface area contributed by atoms with Gasteiger partial charge in [0, 0.05) is 0 Å². The summed E-state index contributed by atoms with van der Waals surface area (Å²) in [5.41, 5.74) is 1.20. The summed E-state index contributed by atoms with van der Waals surface area (Å²) in [6.07, 6.45) is 0. The Kier molecular flexibility index (Phi) is 6.22. The maximum atomic E-state index is 11.4. The van der Waals surface area contributed by atoms with E-state index in [0.29, 0.717) is 13.2 Å². The van der Waals surface area contributed by atoms with Crippen molar-refractivity contribution < 1.29 is 9.53 Å². The van der Waals surface area contributed by atoms with E-state index < -0.39 is 0 Å². The first-order valence-corrected chi connectivity index (χ1v) is 6.31. The van der Waals surface area contributed by atoms with Crippen molar-refractivity contribution in [3.63, 3.8) is 0 Å². The fourth-order valence-corrected chi connectivity index (χ4v) is 1.46. The molecule has 0 saturated carbocycles. The van der Waals surface area contributed by atoms with Gasteiger partial charge in [-0.25, -0.2) is 0 Å². The second kappa shape index (κ2) is 7.71. The maximum Gasteiger partial charge on any atom is 0.234 e. The van der Waals surface area contributed by atoms with Gasteiger partial charge >= 0.3 is 0 Å². The number of amides is 1. The van der Waals surface area contributed by atoms with Gasteiger partial charge in [-0.15, -0.1) is 0 Å². The van der Waals surface area contributed by atoms with Crippen LogP contribution in [0.1, 0.15) is 19.4 Å². The highest BCUT2D eigenvalue weighted by molar-refractivity contribution is 5.78. The number of nitrogens with one attached hydrogen (secondary N) is 2. The Morgan fingerprint density at radius 2 is 2.00 bits per heavy atom. The molecular weight excluding hydrogens is 228 g/mol. The van der Waals surface area contributed by atoms with Gasteiger partial charge in [-0.05, 0) is 32.5 Å². The number of benzene rings is 1. The molecule has 1 aromatic rings. The molecule has 0 heterocycles. The molecule has 2 N–H and O–H groups in total. The third-order valence-electron chi connectivity index (χ3n) is 2.46. The zero-order valence-corrected chi connectivity index (χ0v) is 11.3. The quantitative estimate of drug-likeness (QED) is 0.771. The van der Waals surface area contributed by atoms with E-state index in [1.165, 1.54) is 5.56 Å². The van der Waals surface area contributed by atoms with E-state index in [-0.39, 0.29) is 11.9 Å². The Morgan fingerprint density at radius 3 is 2.61 bits per heavy atom. The highest BCUT2D eigenvalue weighted by Crippen LogP contribution is 2.11. The van der Waals surface area contributed by atoms with Crippen LogP contribution in [-0.2, 0) is 4.79 Å². The molecule has 4 heteroatoms. The summed E-state index contributed by atoms with van der Waals surface area (Å²) in [5, 5.41) is 5.85. The van der Waals surface area contributed by atoms with Gasteiger partial charge in [-0.2, -0.15) is 0 Å². The number of carbonyl (C=O) groups excluding carboxylic acids is 1. The van der Waals surface area contributed by atoms with Crippen LogP contribution in [0.3, 0.4) is 0 Å². The molecule has 100 valence electrons. The number of ether oxygens (including phenoxy) is 1. The van der Waals surface area contributed by atoms with Crippen molar-refractivity contribution in [3.8, 4) is 5.75 Å². The Balaban J connectivity index is 2.26. The lowest BCUT2D eigenvalue weighted by atomic mass is 10.2. The van der Waals surface area contributed by atoms with E-state index in [2.05, 4.69) is 10.6 Å². The zero-order valence-electron chi connectivity index (χ0n) is 11.3. The summed E-state index contributed by atoms with van der Waals surface area (Å²) in [6.45, 7) is 7.55. The standard InChI is InChI=1S/C14H22N2O2/c1-4-15-9-14(17)16-12(3)10-18-13-7-5-11(2)6-8-13/h5-8,12,15H,4,9-10H2,1-3H3,(H,16,17). The number of aryl methyl sites for hydroxylation is 1. The van der Waals surface area contributed by atoms with Gasteiger partial charge in [0.2, 0.25) is 5.91 Å². The molecule has 0 spiro atoms. The Hall–Kier alpha value is -1.55. The zero-order chi connectivity index (χ0) is 13.4. The Bertz CT molecular complexity index is 363. The van der Waals surface area contributed by atoms with E-state index in [1.54, 1.807) is 0 Å². The van der Waals surface area contributed by atoms with Crippen molar-refractivity contribution in [3.05, 3.63) is 29.8 Å². The number of rotatable bonds is 7. The normalized spacial score (nSPS) is 11.9. The minimum Gasteiger partial charge on any atom is -0.491 e. The highest BCUT2D eigenvalue weighted by Gasteiger charge is 2.07. The van der Waals surface area contributed by atoms with Gasteiger partial charge < -0.3 is 15.4 Å². The fraction of sp³-hybridized carbons (Fsp3) is 0.500. The molecule has 0 aliphatic heterocycles. The van der Waals surface area contributed by atoms with E-state index >= 15 is 0 Å². The van der Waals surface area contributed by atoms with Crippen molar-refractivity contribution in [1.29, 1.82) is 0 Å². The largest absolute Gasteiger partial charge is 0.491 e. The van der Waals surface area contributed by atoms with Crippen molar-refractivity contribution in [2.24, 2.45) is 0 Å². The first kappa shape index (κ1) is 14.5. The summed E-state index contributed by atoms with van der Waals surface area (Å²) in [7, 11) is 0. The molecule has 1 aromatic carbocycles. The molecule has 1 rings (SSSR count). The van der Waals surface area contributed by atoms with Crippen LogP contribution in [0.5, 0.6) is 5.75 Å². The van der Waals surface area contributed by atoms with Crippen LogP contribution in [0.4, 0.5) is 0 Å². The highest BCUT2D eigenvalue weighted by atomic mass is 16.5. The lowest BCUT2D eigenvalue weighted by Crippen LogP contribution is -2.41. The monoisotopic (exact) mass is 250 g/mol. The first-order valence-electron chi connectivity index (χ1n) is 6.31. The van der Waals surface area contributed by atoms with Gasteiger partial charge in [0.15, 0.2) is 0 Å². The van der Waals surface area contributed by atoms with Crippen molar-refractivity contribution >= 4 is 5.91 Å². The van der Waals surface area contributed by atoms with Crippen LogP contribution in [0.15, 0.2) is 24.3 Å². The van der Waals surface area contributed by atoms with Gasteiger partial charge in [-0.1, -0.05) is 24.6 Å². The average molecular weight is 250 g/mol. The minimum absolute atomic E-state index is 0.00235. The van der Waals surface area contributed by atoms with Gasteiger partial charge in [-0.3, -0.25) is 4.79 Å². The Labute approximate surface area is 109 Å². The first-order chi connectivity index (χ1) is 8.61. The summed E-state index contributed by atoms with van der Waals surface area (Å²) in [4.78, 5) is 11.4. The number of likely N-dealkylation sites (N-methyl/N-ethyl adjacent to an activating group) is 1. The molecule has 4 nitrogen and oxygen atoms in total. The van der Waals surface area contributed by atoms with Crippen molar-refractivity contribution in [2.75, 3.05) is 19.7 Å². The van der Waals surface area contributed by atoms with Crippen molar-refractivity contribution in [2.45, 2.75) is 26.8 Å². The van der Waals surface area contributed by atoms with Crippen LogP contribution in [0.2, 0.25) is 0 Å². The lowest BCUT2D eigenvalue weighted by Gasteiger charge is -2.15. The second-order valence-electron chi connectivity index (χ2n) is 4.37. The summed E-state index contributed by atoms with van der Waals surface area (Å²) < 4.78 is 5.59. The predicted octanol–water partition coefficient (Wildman–Crippen LogP) is 1.49. The number of hydrogen-bond acceptors (Lipinski definition) is 3. The fourth-order valence-electron chi connectivity index (χ4n) is 1.46. The molecular formula is C14H22N2O2. The summed E-state index contributed by atoms with van der Waals surface area (Å²) >= 11 is 0. The van der Waals surface area contributed by atoms with Crippen LogP contribution in [-0.4, -0.2) is 31.6 Å². The molecule has 1 atom stereocenters. The van der Waals surface area contributed by atoms with Gasteiger partial charge in [0.1, 0.15) is 12.4 Å². The third-order valence-corrected chi connectivity index (χ3v) is 2.46.